The number of carbonyl (C=O) groups is 1. The quantitative estimate of drug-likeness (QED) is 0.239. The van der Waals surface area contributed by atoms with Gasteiger partial charge in [0.15, 0.2) is 0 Å². The van der Waals surface area contributed by atoms with E-state index in [0.717, 1.165) is 37.7 Å². The zero-order chi connectivity index (χ0) is 28.2. The number of nitrogens with zero attached hydrogens (tertiary/aromatic N) is 2. The molecule has 0 radical (unpaired) electrons. The molecule has 3 aromatic carbocycles. The Balaban J connectivity index is 1.67. The molecule has 2 heterocycles. The molecular weight excluding hydrogens is 624 g/mol. The summed E-state index contributed by atoms with van der Waals surface area (Å²) in [5, 5.41) is 6.13. The number of hydrogen-bond donors (Lipinski definition) is 1. The van der Waals surface area contributed by atoms with Crippen LogP contribution < -0.4 is 10.1 Å². The van der Waals surface area contributed by atoms with Crippen LogP contribution in [0.2, 0.25) is 26.7 Å². The van der Waals surface area contributed by atoms with Gasteiger partial charge < -0.3 is 0 Å². The van der Waals surface area contributed by atoms with Crippen LogP contribution in [0.1, 0.15) is 22.7 Å². The zero-order valence-electron chi connectivity index (χ0n) is 22.5. The second kappa shape index (κ2) is 12.9. The molecule has 2 aliphatic heterocycles. The number of halogens is 2. The molecule has 1 atom stereocenters. The minimum absolute atomic E-state index is 0.108. The fraction of sp³-hybridized carbons (Fsp3) is 0.226. The third-order valence-corrected chi connectivity index (χ3v) is 10.7. The number of ether oxygens (including phenoxy) is 1. The first-order valence-electron chi connectivity index (χ1n) is 12.9. The first-order chi connectivity index (χ1) is 19.4. The standard InChI is InChI=1S/C31H30AsCl2N3O2S/c1-32(2)16-17-35-30(38)28-24(18-20-10-5-4-6-11-20)36-31-37(29(28)21-12-7-8-15-25(21)39-3)19-26(40-31)27-22(33)13-9-14-23(27)34/h4-15,19,29H,16-18H2,1-3H3,(H,35,38). The number of nitrogens with one attached hydrogen (secondary N) is 1. The number of allylic oxidation sites excluding steroid dienone is 1. The summed E-state index contributed by atoms with van der Waals surface area (Å²) in [5.74, 6) is 0.596. The normalized spacial score (nSPS) is 16.6. The van der Waals surface area contributed by atoms with Crippen molar-refractivity contribution in [2.75, 3.05) is 13.7 Å². The van der Waals surface area contributed by atoms with E-state index in [1.165, 1.54) is 11.8 Å². The van der Waals surface area contributed by atoms with Crippen molar-refractivity contribution in [2.45, 2.75) is 29.1 Å². The third-order valence-electron chi connectivity index (χ3n) is 6.72. The minimum atomic E-state index is -0.896. The Labute approximate surface area is 254 Å². The van der Waals surface area contributed by atoms with Crippen LogP contribution in [-0.4, -0.2) is 44.3 Å². The maximum atomic E-state index is 14.1. The third kappa shape index (κ3) is 6.16. The van der Waals surface area contributed by atoms with Crippen molar-refractivity contribution < 1.29 is 9.53 Å². The summed E-state index contributed by atoms with van der Waals surface area (Å²) in [6.07, 6.45) is 2.52. The van der Waals surface area contributed by atoms with Crippen LogP contribution in [0.4, 0.5) is 0 Å². The number of benzene rings is 3. The molecular formula is C31H30AsCl2N3O2S. The molecule has 0 bridgehead atoms. The van der Waals surface area contributed by atoms with Gasteiger partial charge in [-0.3, -0.25) is 0 Å². The van der Waals surface area contributed by atoms with Crippen LogP contribution in [0.5, 0.6) is 5.75 Å². The monoisotopic (exact) mass is 653 g/mol. The first-order valence-corrected chi connectivity index (χ1v) is 19.6. The average Bonchev–Trinajstić information content (AvgIpc) is 3.35. The van der Waals surface area contributed by atoms with Gasteiger partial charge in [-0.25, -0.2) is 0 Å². The summed E-state index contributed by atoms with van der Waals surface area (Å²) in [5.41, 5.74) is 8.66. The molecule has 1 unspecified atom stereocenters. The number of rotatable bonds is 9. The second-order valence-corrected chi connectivity index (χ2v) is 17.0. The molecule has 5 rings (SSSR count). The molecule has 0 fully saturated rings. The molecule has 40 heavy (non-hydrogen) atoms. The average molecular weight is 654 g/mol. The molecule has 0 spiro atoms. The number of thioether (sulfide) groups is 1. The first kappa shape index (κ1) is 28.9. The van der Waals surface area contributed by atoms with Crippen LogP contribution in [-0.2, 0) is 11.2 Å². The SMILES string of the molecule is COc1ccccc1C1C(C(=O)NCC[As](C)C)=C(Cc2ccccc2)N=C2SC(c3c(Cl)cccc3Cl)=CN21. The van der Waals surface area contributed by atoms with E-state index in [9.17, 15) is 4.79 Å². The van der Waals surface area contributed by atoms with Crippen molar-refractivity contribution in [2.24, 2.45) is 4.99 Å². The number of carbonyl (C=O) groups excluding carboxylic acids is 1. The van der Waals surface area contributed by atoms with Gasteiger partial charge in [-0.2, -0.15) is 0 Å². The number of amidine groups is 1. The molecule has 0 aliphatic carbocycles. The van der Waals surface area contributed by atoms with Crippen molar-refractivity contribution >= 4 is 65.6 Å². The Bertz CT molecular complexity index is 1490. The second-order valence-electron chi connectivity index (χ2n) is 9.72. The number of hydrogen-bond acceptors (Lipinski definition) is 5. The zero-order valence-corrected chi connectivity index (χ0v) is 26.7. The van der Waals surface area contributed by atoms with E-state index >= 15 is 0 Å². The number of fused-ring (bicyclic) bond motifs is 1. The molecule has 2 aliphatic rings. The molecule has 0 aromatic heterocycles. The number of aliphatic imine (C=N–C) groups is 1. The van der Waals surface area contributed by atoms with Crippen LogP contribution in [0.3, 0.4) is 0 Å². The number of methoxy groups -OCH3 is 1. The van der Waals surface area contributed by atoms with Crippen molar-refractivity contribution in [3.8, 4) is 5.75 Å². The summed E-state index contributed by atoms with van der Waals surface area (Å²) >= 11 is 13.8. The van der Waals surface area contributed by atoms with Gasteiger partial charge in [-0.15, -0.1) is 0 Å². The van der Waals surface area contributed by atoms with E-state index in [-0.39, 0.29) is 5.91 Å². The Kier molecular flexibility index (Phi) is 9.32. The Morgan fingerprint density at radius 1 is 1.02 bits per heavy atom. The Hall–Kier alpha value is -2.63. The van der Waals surface area contributed by atoms with Crippen LogP contribution in [0.15, 0.2) is 95.3 Å². The van der Waals surface area contributed by atoms with Gasteiger partial charge in [-0.05, 0) is 0 Å². The van der Waals surface area contributed by atoms with E-state index in [0.29, 0.717) is 34.3 Å². The van der Waals surface area contributed by atoms with Gasteiger partial charge in [-0.1, -0.05) is 6.07 Å². The summed E-state index contributed by atoms with van der Waals surface area (Å²) in [6.45, 7) is 0.647. The molecule has 1 amide bonds. The van der Waals surface area contributed by atoms with E-state index in [2.05, 4.69) is 33.8 Å². The van der Waals surface area contributed by atoms with Gasteiger partial charge in [0, 0.05) is 0 Å². The number of para-hydroxylation sites is 1. The summed E-state index contributed by atoms with van der Waals surface area (Å²) in [7, 11) is 1.65. The van der Waals surface area contributed by atoms with E-state index < -0.39 is 20.7 Å². The van der Waals surface area contributed by atoms with Crippen molar-refractivity contribution in [3.05, 3.63) is 117 Å². The molecule has 0 saturated carbocycles. The van der Waals surface area contributed by atoms with Gasteiger partial charge >= 0.3 is 250 Å². The molecule has 1 N–H and O–H groups in total. The number of amides is 1. The molecule has 3 aromatic rings. The van der Waals surface area contributed by atoms with E-state index in [4.69, 9.17) is 32.9 Å². The van der Waals surface area contributed by atoms with Gasteiger partial charge in [0.25, 0.3) is 0 Å². The van der Waals surface area contributed by atoms with Gasteiger partial charge in [0.05, 0.1) is 0 Å². The Morgan fingerprint density at radius 3 is 2.42 bits per heavy atom. The van der Waals surface area contributed by atoms with Crippen molar-refractivity contribution in [1.29, 1.82) is 0 Å². The molecule has 5 nitrogen and oxygen atoms in total. The van der Waals surface area contributed by atoms with Crippen molar-refractivity contribution in [1.82, 2.24) is 10.2 Å². The predicted octanol–water partition coefficient (Wildman–Crippen LogP) is 7.83. The fourth-order valence-corrected chi connectivity index (χ4v) is 7.80. The van der Waals surface area contributed by atoms with Crippen LogP contribution in [0, 0.1) is 0 Å². The molecule has 9 heteroatoms. The summed E-state index contributed by atoms with van der Waals surface area (Å²) < 4.78 is 5.81. The Morgan fingerprint density at radius 2 is 1.73 bits per heavy atom. The van der Waals surface area contributed by atoms with E-state index in [1.807, 2.05) is 66.9 Å². The van der Waals surface area contributed by atoms with Gasteiger partial charge in [0.1, 0.15) is 0 Å². The topological polar surface area (TPSA) is 53.9 Å². The molecule has 0 saturated heterocycles. The maximum absolute atomic E-state index is 14.1. The van der Waals surface area contributed by atoms with E-state index in [1.54, 1.807) is 7.11 Å². The molecule has 206 valence electrons. The fourth-order valence-electron chi connectivity index (χ4n) is 4.81. The summed E-state index contributed by atoms with van der Waals surface area (Å²) in [4.78, 5) is 22.1. The summed E-state index contributed by atoms with van der Waals surface area (Å²) in [6, 6.07) is 23.0. The van der Waals surface area contributed by atoms with Crippen molar-refractivity contribution in [3.63, 3.8) is 0 Å². The van der Waals surface area contributed by atoms with Crippen LogP contribution in [0.25, 0.3) is 4.91 Å². The predicted molar refractivity (Wildman–Crippen MR) is 170 cm³/mol. The van der Waals surface area contributed by atoms with Gasteiger partial charge in [0.2, 0.25) is 0 Å². The van der Waals surface area contributed by atoms with Crippen LogP contribution >= 0.6 is 35.0 Å².